The fraction of sp³-hybridized carbons (Fsp3) is 0.318. The van der Waals surface area contributed by atoms with Crippen LogP contribution in [0.4, 0.5) is 4.39 Å². The van der Waals surface area contributed by atoms with Gasteiger partial charge in [0.25, 0.3) is 0 Å². The quantitative estimate of drug-likeness (QED) is 0.319. The Labute approximate surface area is 177 Å². The Bertz CT molecular complexity index is 1140. The number of aromatic nitrogens is 4. The molecule has 29 heavy (non-hydrogen) atoms. The van der Waals surface area contributed by atoms with Crippen LogP contribution in [0.5, 0.6) is 0 Å². The molecule has 0 fully saturated rings. The van der Waals surface area contributed by atoms with E-state index in [-0.39, 0.29) is 6.54 Å². The molecule has 0 amide bonds. The van der Waals surface area contributed by atoms with Crippen LogP contribution in [0.3, 0.4) is 0 Å². The van der Waals surface area contributed by atoms with Crippen LogP contribution in [0.25, 0.3) is 22.1 Å². The van der Waals surface area contributed by atoms with Crippen LogP contribution < -0.4 is 4.48 Å². The van der Waals surface area contributed by atoms with Crippen molar-refractivity contribution in [3.63, 3.8) is 0 Å². The molecule has 0 saturated carbocycles. The molecule has 0 atom stereocenters. The van der Waals surface area contributed by atoms with E-state index in [1.165, 1.54) is 0 Å². The number of rotatable bonds is 7. The molecule has 4 aromatic rings. The van der Waals surface area contributed by atoms with E-state index in [9.17, 15) is 4.39 Å². The third-order valence-corrected chi connectivity index (χ3v) is 5.27. The summed E-state index contributed by atoms with van der Waals surface area (Å²) in [5, 5.41) is 0. The summed E-state index contributed by atoms with van der Waals surface area (Å²) in [5.41, 5.74) is 2.83. The summed E-state index contributed by atoms with van der Waals surface area (Å²) in [4.78, 5) is 13.9. The SMILES string of the molecule is CC(C)(F)Cn1c(CCOCc2ccccc2)nc2c([As])nc3cccnc3c21. The third kappa shape index (κ3) is 4.49. The van der Waals surface area contributed by atoms with Crippen molar-refractivity contribution >= 4 is 43.4 Å². The van der Waals surface area contributed by atoms with Gasteiger partial charge < -0.3 is 0 Å². The van der Waals surface area contributed by atoms with Crippen LogP contribution >= 0.6 is 0 Å². The standard InChI is InChI=1S/C22H22AsFN4O/c1-22(2,24)14-28-17(10-12-29-13-15-7-4-3-5-8-15)27-19-20(28)18-16(26-21(19)23)9-6-11-25-18/h3-9,11H,10,12-14H2,1-2H3. The van der Waals surface area contributed by atoms with Gasteiger partial charge in [-0.1, -0.05) is 0 Å². The average molecular weight is 452 g/mol. The van der Waals surface area contributed by atoms with Gasteiger partial charge in [0.05, 0.1) is 0 Å². The minimum absolute atomic E-state index is 0.194. The number of pyridine rings is 2. The first-order valence-electron chi connectivity index (χ1n) is 9.56. The molecular weight excluding hydrogens is 430 g/mol. The van der Waals surface area contributed by atoms with E-state index < -0.39 is 5.67 Å². The number of fused-ring (bicyclic) bond motifs is 3. The Kier molecular flexibility index (Phi) is 5.66. The summed E-state index contributed by atoms with van der Waals surface area (Å²) in [6, 6.07) is 13.8. The fourth-order valence-corrected chi connectivity index (χ4v) is 3.95. The van der Waals surface area contributed by atoms with Crippen LogP contribution in [-0.4, -0.2) is 48.6 Å². The van der Waals surface area contributed by atoms with Crippen molar-refractivity contribution in [3.05, 3.63) is 60.0 Å². The van der Waals surface area contributed by atoms with E-state index >= 15 is 0 Å². The van der Waals surface area contributed by atoms with E-state index in [1.807, 2.05) is 47.0 Å². The Hall–Kier alpha value is -2.30. The van der Waals surface area contributed by atoms with Crippen molar-refractivity contribution in [1.82, 2.24) is 19.5 Å². The second kappa shape index (κ2) is 8.21. The zero-order valence-corrected chi connectivity index (χ0v) is 18.3. The van der Waals surface area contributed by atoms with E-state index in [1.54, 1.807) is 20.0 Å². The number of benzene rings is 1. The van der Waals surface area contributed by atoms with Gasteiger partial charge in [-0.05, 0) is 0 Å². The summed E-state index contributed by atoms with van der Waals surface area (Å²) < 4.78 is 23.2. The van der Waals surface area contributed by atoms with Gasteiger partial charge in [-0.3, -0.25) is 0 Å². The molecule has 5 nitrogen and oxygen atoms in total. The first-order valence-corrected chi connectivity index (χ1v) is 10.5. The maximum absolute atomic E-state index is 14.7. The second-order valence-electron chi connectivity index (χ2n) is 7.62. The predicted octanol–water partition coefficient (Wildman–Crippen LogP) is 3.28. The van der Waals surface area contributed by atoms with E-state index in [4.69, 9.17) is 9.72 Å². The van der Waals surface area contributed by atoms with Gasteiger partial charge in [0, 0.05) is 0 Å². The number of ether oxygens (including phenoxy) is 1. The summed E-state index contributed by atoms with van der Waals surface area (Å²) in [5.74, 6) is 0.783. The molecular formula is C22H22AsFN4O. The molecule has 2 radical (unpaired) electrons. The summed E-state index contributed by atoms with van der Waals surface area (Å²) in [6.07, 6.45) is 2.31. The number of halogens is 1. The zero-order chi connectivity index (χ0) is 20.4. The molecule has 0 aliphatic carbocycles. The molecule has 0 aliphatic rings. The van der Waals surface area contributed by atoms with Crippen molar-refractivity contribution in [2.75, 3.05) is 6.61 Å². The Morgan fingerprint density at radius 3 is 2.62 bits per heavy atom. The molecule has 0 spiro atoms. The normalized spacial score (nSPS) is 12.1. The molecule has 4 rings (SSSR count). The van der Waals surface area contributed by atoms with E-state index in [0.717, 1.165) is 37.9 Å². The van der Waals surface area contributed by atoms with Crippen molar-refractivity contribution in [3.8, 4) is 0 Å². The number of imidazole rings is 1. The van der Waals surface area contributed by atoms with E-state index in [2.05, 4.69) is 26.8 Å². The summed E-state index contributed by atoms with van der Waals surface area (Å²) in [7, 11) is 0. The molecule has 1 aromatic carbocycles. The number of alkyl halides is 1. The van der Waals surface area contributed by atoms with Crippen LogP contribution in [0.2, 0.25) is 0 Å². The molecule has 7 heteroatoms. The molecule has 0 aliphatic heterocycles. The molecule has 0 bridgehead atoms. The number of hydrogen-bond acceptors (Lipinski definition) is 4. The predicted molar refractivity (Wildman–Crippen MR) is 113 cm³/mol. The van der Waals surface area contributed by atoms with Crippen molar-refractivity contribution in [2.24, 2.45) is 0 Å². The average Bonchev–Trinajstić information content (AvgIpc) is 3.04. The summed E-state index contributed by atoms with van der Waals surface area (Å²) in [6.45, 7) is 4.39. The van der Waals surface area contributed by atoms with Crippen LogP contribution in [0.15, 0.2) is 48.7 Å². The maximum atomic E-state index is 14.7. The Morgan fingerprint density at radius 2 is 1.86 bits per heavy atom. The molecule has 3 aromatic heterocycles. The first kappa shape index (κ1) is 20.0. The first-order chi connectivity index (χ1) is 13.9. The van der Waals surface area contributed by atoms with Crippen molar-refractivity contribution < 1.29 is 9.13 Å². The zero-order valence-electron chi connectivity index (χ0n) is 16.5. The van der Waals surface area contributed by atoms with E-state index in [0.29, 0.717) is 19.6 Å². The van der Waals surface area contributed by atoms with Gasteiger partial charge in [0.15, 0.2) is 0 Å². The Morgan fingerprint density at radius 1 is 1.07 bits per heavy atom. The Balaban J connectivity index is 1.68. The number of nitrogens with zero attached hydrogens (tertiary/aromatic N) is 4. The third-order valence-electron chi connectivity index (χ3n) is 4.61. The van der Waals surface area contributed by atoms with Crippen LogP contribution in [-0.2, 0) is 24.3 Å². The van der Waals surface area contributed by atoms with Gasteiger partial charge in [-0.15, -0.1) is 0 Å². The second-order valence-corrected chi connectivity index (χ2v) is 8.51. The molecule has 148 valence electrons. The van der Waals surface area contributed by atoms with Gasteiger partial charge >= 0.3 is 178 Å². The molecule has 0 saturated heterocycles. The molecule has 0 unspecified atom stereocenters. The van der Waals surface area contributed by atoms with Gasteiger partial charge in [0.2, 0.25) is 0 Å². The van der Waals surface area contributed by atoms with Crippen LogP contribution in [0.1, 0.15) is 25.2 Å². The van der Waals surface area contributed by atoms with Crippen molar-refractivity contribution in [2.45, 2.75) is 39.1 Å². The van der Waals surface area contributed by atoms with Crippen LogP contribution in [0, 0.1) is 0 Å². The summed E-state index contributed by atoms with van der Waals surface area (Å²) >= 11 is 2.46. The molecule has 3 heterocycles. The monoisotopic (exact) mass is 452 g/mol. The number of hydrogen-bond donors (Lipinski definition) is 0. The van der Waals surface area contributed by atoms with Gasteiger partial charge in [-0.2, -0.15) is 0 Å². The van der Waals surface area contributed by atoms with Crippen molar-refractivity contribution in [1.29, 1.82) is 0 Å². The fourth-order valence-electron chi connectivity index (χ4n) is 3.40. The minimum atomic E-state index is -1.39. The van der Waals surface area contributed by atoms with Gasteiger partial charge in [-0.25, -0.2) is 0 Å². The molecule has 0 N–H and O–H groups in total. The van der Waals surface area contributed by atoms with Gasteiger partial charge in [0.1, 0.15) is 0 Å². The topological polar surface area (TPSA) is 52.8 Å².